The molecule has 3 rings (SSSR count). The number of carbonyl (C=O) groups excluding carboxylic acids is 1. The Balaban J connectivity index is 1.85. The molecule has 11 heteroatoms. The average molecular weight is 462 g/mol. The van der Waals surface area contributed by atoms with Gasteiger partial charge in [0.1, 0.15) is 23.2 Å². The lowest BCUT2D eigenvalue weighted by atomic mass is 10.1. The summed E-state index contributed by atoms with van der Waals surface area (Å²) in [5.41, 5.74) is -1.54. The highest BCUT2D eigenvalue weighted by atomic mass is 35.5. The van der Waals surface area contributed by atoms with E-state index in [0.29, 0.717) is 11.6 Å². The molecule has 1 aromatic heterocycles. The predicted molar refractivity (Wildman–Crippen MR) is 109 cm³/mol. The van der Waals surface area contributed by atoms with Gasteiger partial charge in [-0.25, -0.2) is 0 Å². The van der Waals surface area contributed by atoms with Gasteiger partial charge < -0.3 is 9.73 Å². The Morgan fingerprint density at radius 3 is 2.59 bits per heavy atom. The van der Waals surface area contributed by atoms with Crippen LogP contribution < -0.4 is 5.32 Å². The van der Waals surface area contributed by atoms with E-state index in [1.165, 1.54) is 30.3 Å². The second kappa shape index (κ2) is 8.95. The number of anilines is 1. The zero-order chi connectivity index (χ0) is 23.5. The summed E-state index contributed by atoms with van der Waals surface area (Å²) in [6.07, 6.45) is -3.56. The zero-order valence-corrected chi connectivity index (χ0v) is 16.6. The first-order valence-electron chi connectivity index (χ1n) is 8.73. The summed E-state index contributed by atoms with van der Waals surface area (Å²) in [7, 11) is 0. The molecular weight excluding hydrogens is 451 g/mol. The number of benzene rings is 2. The van der Waals surface area contributed by atoms with Crippen LogP contribution >= 0.6 is 11.6 Å². The topological polar surface area (TPSA) is 109 Å². The van der Waals surface area contributed by atoms with Crippen LogP contribution in [0.2, 0.25) is 5.02 Å². The maximum atomic E-state index is 12.9. The number of furan rings is 1. The van der Waals surface area contributed by atoms with E-state index >= 15 is 0 Å². The van der Waals surface area contributed by atoms with E-state index in [9.17, 15) is 33.3 Å². The number of hydrogen-bond donors (Lipinski definition) is 1. The number of nitriles is 1. The molecule has 0 aliphatic heterocycles. The summed E-state index contributed by atoms with van der Waals surface area (Å²) in [5, 5.41) is 22.2. The Hall–Kier alpha value is -4.10. The maximum Gasteiger partial charge on any atom is 0.416 e. The molecule has 0 aliphatic rings. The zero-order valence-electron chi connectivity index (χ0n) is 15.8. The fraction of sp³-hybridized carbons (Fsp3) is 0.0476. The smallest absolute Gasteiger partial charge is 0.416 e. The van der Waals surface area contributed by atoms with Crippen LogP contribution in [0.15, 0.2) is 64.6 Å². The summed E-state index contributed by atoms with van der Waals surface area (Å²) in [6.45, 7) is 0. The van der Waals surface area contributed by atoms with Crippen LogP contribution in [0.3, 0.4) is 0 Å². The summed E-state index contributed by atoms with van der Waals surface area (Å²) in [5.74, 6) is -0.672. The van der Waals surface area contributed by atoms with Crippen molar-refractivity contribution >= 4 is 35.0 Å². The van der Waals surface area contributed by atoms with Gasteiger partial charge in [-0.1, -0.05) is 23.7 Å². The van der Waals surface area contributed by atoms with Gasteiger partial charge in [0, 0.05) is 23.8 Å². The molecule has 0 radical (unpaired) electrons. The largest absolute Gasteiger partial charge is 0.457 e. The van der Waals surface area contributed by atoms with Crippen LogP contribution in [0.4, 0.5) is 24.5 Å². The molecule has 0 unspecified atom stereocenters. The molecule has 162 valence electrons. The molecule has 1 heterocycles. The predicted octanol–water partition coefficient (Wildman–Crippen LogP) is 6.07. The van der Waals surface area contributed by atoms with Crippen molar-refractivity contribution in [2.75, 3.05) is 5.32 Å². The van der Waals surface area contributed by atoms with Crippen molar-refractivity contribution in [1.29, 1.82) is 5.26 Å². The van der Waals surface area contributed by atoms with Gasteiger partial charge in [0.05, 0.1) is 21.2 Å². The standard InChI is InChI=1S/C21H11ClF3N3O4/c22-17-6-4-14(21(23,24)25)10-18(17)27-20(29)13(11-26)9-16-5-7-19(32-16)12-2-1-3-15(8-12)28(30)31/h1-10H,(H,27,29). The van der Waals surface area contributed by atoms with Gasteiger partial charge in [-0.05, 0) is 30.3 Å². The second-order valence-corrected chi connectivity index (χ2v) is 6.73. The molecule has 1 N–H and O–H groups in total. The van der Waals surface area contributed by atoms with Gasteiger partial charge in [0.15, 0.2) is 0 Å². The normalized spacial score (nSPS) is 11.7. The van der Waals surface area contributed by atoms with Crippen LogP contribution in [0.5, 0.6) is 0 Å². The highest BCUT2D eigenvalue weighted by molar-refractivity contribution is 6.34. The van der Waals surface area contributed by atoms with Crippen molar-refractivity contribution < 1.29 is 27.3 Å². The van der Waals surface area contributed by atoms with E-state index in [-0.39, 0.29) is 27.9 Å². The third-order valence-electron chi connectivity index (χ3n) is 4.16. The lowest BCUT2D eigenvalue weighted by molar-refractivity contribution is -0.384. The van der Waals surface area contributed by atoms with Crippen LogP contribution in [0.25, 0.3) is 17.4 Å². The minimum Gasteiger partial charge on any atom is -0.457 e. The van der Waals surface area contributed by atoms with Crippen molar-refractivity contribution in [3.63, 3.8) is 0 Å². The van der Waals surface area contributed by atoms with Crippen molar-refractivity contribution in [3.8, 4) is 17.4 Å². The number of nitro benzene ring substituents is 1. The minimum absolute atomic E-state index is 0.0772. The lowest BCUT2D eigenvalue weighted by Gasteiger charge is -2.11. The van der Waals surface area contributed by atoms with Gasteiger partial charge in [-0.2, -0.15) is 18.4 Å². The number of nitrogens with one attached hydrogen (secondary N) is 1. The number of nitro groups is 1. The highest BCUT2D eigenvalue weighted by Gasteiger charge is 2.31. The average Bonchev–Trinajstić information content (AvgIpc) is 3.21. The van der Waals surface area contributed by atoms with E-state index in [0.717, 1.165) is 18.2 Å². The fourth-order valence-electron chi connectivity index (χ4n) is 2.64. The van der Waals surface area contributed by atoms with Gasteiger partial charge in [0.25, 0.3) is 11.6 Å². The lowest BCUT2D eigenvalue weighted by Crippen LogP contribution is -2.15. The van der Waals surface area contributed by atoms with Gasteiger partial charge in [0.2, 0.25) is 0 Å². The van der Waals surface area contributed by atoms with Crippen LogP contribution in [-0.2, 0) is 11.0 Å². The molecule has 2 aromatic carbocycles. The molecule has 1 amide bonds. The molecule has 0 bridgehead atoms. The SMILES string of the molecule is N#CC(=Cc1ccc(-c2cccc([N+](=O)[O-])c2)o1)C(=O)Nc1cc(C(F)(F)F)ccc1Cl. The molecule has 0 aliphatic carbocycles. The van der Waals surface area contributed by atoms with Crippen molar-refractivity contribution in [2.45, 2.75) is 6.18 Å². The third kappa shape index (κ3) is 5.14. The Morgan fingerprint density at radius 2 is 1.94 bits per heavy atom. The monoisotopic (exact) mass is 461 g/mol. The summed E-state index contributed by atoms with van der Waals surface area (Å²) in [6, 6.07) is 12.6. The van der Waals surface area contributed by atoms with E-state index < -0.39 is 28.1 Å². The number of halogens is 4. The first-order valence-corrected chi connectivity index (χ1v) is 9.11. The Kier molecular flexibility index (Phi) is 6.32. The van der Waals surface area contributed by atoms with Gasteiger partial charge >= 0.3 is 6.18 Å². The molecule has 3 aromatic rings. The number of nitrogens with zero attached hydrogens (tertiary/aromatic N) is 2. The number of alkyl halides is 3. The third-order valence-corrected chi connectivity index (χ3v) is 4.49. The van der Waals surface area contributed by atoms with Gasteiger partial charge in [-0.15, -0.1) is 0 Å². The Morgan fingerprint density at radius 1 is 1.19 bits per heavy atom. The molecule has 0 saturated heterocycles. The van der Waals surface area contributed by atoms with E-state index in [1.807, 2.05) is 0 Å². The number of rotatable bonds is 5. The second-order valence-electron chi connectivity index (χ2n) is 6.33. The summed E-state index contributed by atoms with van der Waals surface area (Å²) < 4.78 is 44.2. The van der Waals surface area contributed by atoms with Crippen molar-refractivity contribution in [3.05, 3.63) is 86.6 Å². The summed E-state index contributed by atoms with van der Waals surface area (Å²) >= 11 is 5.85. The molecule has 32 heavy (non-hydrogen) atoms. The molecule has 0 fully saturated rings. The first kappa shape index (κ1) is 22.6. The summed E-state index contributed by atoms with van der Waals surface area (Å²) in [4.78, 5) is 22.7. The highest BCUT2D eigenvalue weighted by Crippen LogP contribution is 2.34. The maximum absolute atomic E-state index is 12.9. The molecule has 7 nitrogen and oxygen atoms in total. The molecule has 0 saturated carbocycles. The van der Waals surface area contributed by atoms with E-state index in [1.54, 1.807) is 12.1 Å². The number of amides is 1. The molecular formula is C21H11ClF3N3O4. The first-order chi connectivity index (χ1) is 15.1. The number of carbonyl (C=O) groups is 1. The minimum atomic E-state index is -4.64. The molecule has 0 spiro atoms. The fourth-order valence-corrected chi connectivity index (χ4v) is 2.80. The Labute approximate surface area is 183 Å². The van der Waals surface area contributed by atoms with E-state index in [4.69, 9.17) is 16.0 Å². The van der Waals surface area contributed by atoms with Crippen molar-refractivity contribution in [2.24, 2.45) is 0 Å². The van der Waals surface area contributed by atoms with Crippen LogP contribution in [0, 0.1) is 21.4 Å². The Bertz CT molecular complexity index is 1280. The van der Waals surface area contributed by atoms with Crippen LogP contribution in [-0.4, -0.2) is 10.8 Å². The van der Waals surface area contributed by atoms with E-state index in [2.05, 4.69) is 5.32 Å². The van der Waals surface area contributed by atoms with Crippen molar-refractivity contribution in [1.82, 2.24) is 0 Å². The number of non-ortho nitro benzene ring substituents is 1. The van der Waals surface area contributed by atoms with Gasteiger partial charge in [-0.3, -0.25) is 14.9 Å². The quantitative estimate of drug-likeness (QED) is 0.214. The molecule has 0 atom stereocenters. The number of hydrogen-bond acceptors (Lipinski definition) is 5. The van der Waals surface area contributed by atoms with Crippen LogP contribution in [0.1, 0.15) is 11.3 Å².